The van der Waals surface area contributed by atoms with E-state index in [-0.39, 0.29) is 45.7 Å². The maximum absolute atomic E-state index is 14.9. The quantitative estimate of drug-likeness (QED) is 0.185. The van der Waals surface area contributed by atoms with Gasteiger partial charge in [0.05, 0.1) is 16.9 Å². The van der Waals surface area contributed by atoms with E-state index in [1.807, 2.05) is 34.9 Å². The number of rotatable bonds is 7. The van der Waals surface area contributed by atoms with Gasteiger partial charge in [0.25, 0.3) is 0 Å². The number of nitrogens with one attached hydrogen (secondary N) is 3. The van der Waals surface area contributed by atoms with Crippen LogP contribution in [0, 0.1) is 11.7 Å². The molecule has 230 valence electrons. The summed E-state index contributed by atoms with van der Waals surface area (Å²) >= 11 is 12.3. The normalized spacial score (nSPS) is 20.3. The van der Waals surface area contributed by atoms with Crippen molar-refractivity contribution in [2.75, 3.05) is 29.0 Å². The molecule has 11 nitrogen and oxygen atoms in total. The first-order valence-corrected chi connectivity index (χ1v) is 15.3. The van der Waals surface area contributed by atoms with Gasteiger partial charge in [0.2, 0.25) is 17.8 Å². The second kappa shape index (κ2) is 12.8. The second-order valence-electron chi connectivity index (χ2n) is 11.2. The van der Waals surface area contributed by atoms with Crippen molar-refractivity contribution in [2.24, 2.45) is 11.7 Å². The molecule has 2 fully saturated rings. The summed E-state index contributed by atoms with van der Waals surface area (Å²) in [5, 5.41) is 9.68. The highest BCUT2D eigenvalue weighted by atomic mass is 35.5. The number of aromatic nitrogens is 4. The fourth-order valence-corrected chi connectivity index (χ4v) is 6.49. The number of carbonyl (C=O) groups excluding carboxylic acids is 2. The number of amides is 3. The number of urea groups is 1. The number of para-hydroxylation sites is 1. The van der Waals surface area contributed by atoms with E-state index in [0.717, 1.165) is 18.5 Å². The number of hydrogen-bond donors (Lipinski definition) is 4. The lowest BCUT2D eigenvalue weighted by molar-refractivity contribution is -0.122. The average Bonchev–Trinajstić information content (AvgIpc) is 3.37. The van der Waals surface area contributed by atoms with Gasteiger partial charge in [-0.15, -0.1) is 0 Å². The Labute approximate surface area is 263 Å². The van der Waals surface area contributed by atoms with Crippen LogP contribution in [0.1, 0.15) is 44.6 Å². The highest BCUT2D eigenvalue weighted by Gasteiger charge is 2.30. The van der Waals surface area contributed by atoms with Crippen molar-refractivity contribution in [1.29, 1.82) is 0 Å². The third-order valence-electron chi connectivity index (χ3n) is 8.21. The molecule has 0 radical (unpaired) electrons. The molecule has 44 heavy (non-hydrogen) atoms. The van der Waals surface area contributed by atoms with Crippen LogP contribution in [-0.4, -0.2) is 55.5 Å². The number of anilines is 4. The number of nitrogens with two attached hydrogens (primary N) is 1. The molecule has 1 aliphatic carbocycles. The summed E-state index contributed by atoms with van der Waals surface area (Å²) in [7, 11) is 0. The Morgan fingerprint density at radius 3 is 2.52 bits per heavy atom. The summed E-state index contributed by atoms with van der Waals surface area (Å²) in [6.07, 6.45) is 5.84. The molecule has 3 heterocycles. The Hall–Kier alpha value is -4.16. The smallest absolute Gasteiger partial charge is 0.321 e. The van der Waals surface area contributed by atoms with Gasteiger partial charge in [-0.1, -0.05) is 41.4 Å². The van der Waals surface area contributed by atoms with Crippen molar-refractivity contribution in [3.63, 3.8) is 0 Å². The fourth-order valence-electron chi connectivity index (χ4n) is 5.97. The van der Waals surface area contributed by atoms with Crippen LogP contribution >= 0.6 is 23.2 Å². The fraction of sp³-hybridized carbons (Fsp3) is 0.367. The van der Waals surface area contributed by atoms with E-state index in [1.165, 1.54) is 12.1 Å². The van der Waals surface area contributed by atoms with Crippen LogP contribution in [0.4, 0.5) is 32.5 Å². The minimum absolute atomic E-state index is 0.0424. The van der Waals surface area contributed by atoms with Crippen LogP contribution in [0.25, 0.3) is 11.2 Å². The first-order chi connectivity index (χ1) is 21.2. The SMILES string of the molecule is NC(=O)C1CCC(n2c(Nc3c(F)cc(Cl)cc3Cl)nc3cnc(N[C@@H]4CCCN(C(=O)Nc5ccccc5)C4)nc32)CC1. The van der Waals surface area contributed by atoms with Crippen molar-refractivity contribution in [2.45, 2.75) is 50.6 Å². The van der Waals surface area contributed by atoms with Gasteiger partial charge in [0.1, 0.15) is 11.3 Å². The minimum Gasteiger partial charge on any atom is -0.369 e. The van der Waals surface area contributed by atoms with E-state index in [9.17, 15) is 14.0 Å². The molecule has 2 aliphatic rings. The van der Waals surface area contributed by atoms with E-state index in [0.29, 0.717) is 61.8 Å². The van der Waals surface area contributed by atoms with E-state index in [1.54, 1.807) is 11.1 Å². The number of halogens is 3. The van der Waals surface area contributed by atoms with Crippen LogP contribution in [0.5, 0.6) is 0 Å². The van der Waals surface area contributed by atoms with Gasteiger partial charge >= 0.3 is 6.03 Å². The third-order valence-corrected chi connectivity index (χ3v) is 8.72. The summed E-state index contributed by atoms with van der Waals surface area (Å²) in [5.74, 6) is -0.383. The lowest BCUT2D eigenvalue weighted by Gasteiger charge is -2.33. The van der Waals surface area contributed by atoms with Crippen molar-refractivity contribution in [3.05, 3.63) is 64.5 Å². The maximum Gasteiger partial charge on any atom is 0.321 e. The van der Waals surface area contributed by atoms with Crippen molar-refractivity contribution in [3.8, 4) is 0 Å². The van der Waals surface area contributed by atoms with E-state index >= 15 is 0 Å². The summed E-state index contributed by atoms with van der Waals surface area (Å²) in [5.41, 5.74) is 7.42. The van der Waals surface area contributed by atoms with Gasteiger partial charge in [-0.3, -0.25) is 9.36 Å². The zero-order valence-corrected chi connectivity index (χ0v) is 25.3. The molecule has 1 aliphatic heterocycles. The van der Waals surface area contributed by atoms with Gasteiger partial charge in [-0.2, -0.15) is 4.98 Å². The highest BCUT2D eigenvalue weighted by molar-refractivity contribution is 6.36. The largest absolute Gasteiger partial charge is 0.369 e. The monoisotopic (exact) mass is 639 g/mol. The summed E-state index contributed by atoms with van der Waals surface area (Å²) in [4.78, 5) is 40.5. The predicted octanol–water partition coefficient (Wildman–Crippen LogP) is 6.34. The molecule has 1 saturated carbocycles. The zero-order valence-electron chi connectivity index (χ0n) is 23.8. The summed E-state index contributed by atoms with van der Waals surface area (Å²) in [6.45, 7) is 1.13. The van der Waals surface area contributed by atoms with E-state index in [4.69, 9.17) is 38.9 Å². The van der Waals surface area contributed by atoms with E-state index < -0.39 is 5.82 Å². The molecule has 3 amide bonds. The second-order valence-corrected chi connectivity index (χ2v) is 12.1. The summed E-state index contributed by atoms with van der Waals surface area (Å²) in [6, 6.07) is 11.7. The number of carbonyl (C=O) groups is 2. The predicted molar refractivity (Wildman–Crippen MR) is 169 cm³/mol. The van der Waals surface area contributed by atoms with Gasteiger partial charge < -0.3 is 26.6 Å². The highest BCUT2D eigenvalue weighted by Crippen LogP contribution is 2.38. The van der Waals surface area contributed by atoms with Gasteiger partial charge in [0, 0.05) is 41.8 Å². The Kier molecular flexibility index (Phi) is 8.72. The van der Waals surface area contributed by atoms with Crippen LogP contribution in [0.2, 0.25) is 10.0 Å². The van der Waals surface area contributed by atoms with Gasteiger partial charge in [0.15, 0.2) is 5.65 Å². The molecule has 5 N–H and O–H groups in total. The van der Waals surface area contributed by atoms with Crippen LogP contribution in [-0.2, 0) is 4.79 Å². The lowest BCUT2D eigenvalue weighted by atomic mass is 9.85. The van der Waals surface area contributed by atoms with Gasteiger partial charge in [-0.05, 0) is 62.8 Å². The van der Waals surface area contributed by atoms with Crippen LogP contribution < -0.4 is 21.7 Å². The molecule has 2 aromatic carbocycles. The molecular weight excluding hydrogens is 608 g/mol. The number of hydrogen-bond acceptors (Lipinski definition) is 7. The molecule has 1 saturated heterocycles. The first kappa shape index (κ1) is 29.9. The van der Waals surface area contributed by atoms with Crippen molar-refractivity contribution < 1.29 is 14.0 Å². The molecular formula is C30H32Cl2FN9O2. The first-order valence-electron chi connectivity index (χ1n) is 14.6. The third kappa shape index (κ3) is 6.51. The Morgan fingerprint density at radius 1 is 1.02 bits per heavy atom. The van der Waals surface area contributed by atoms with Crippen molar-refractivity contribution >= 4 is 69.6 Å². The van der Waals surface area contributed by atoms with Crippen LogP contribution in [0.3, 0.4) is 0 Å². The Bertz CT molecular complexity index is 1660. The topological polar surface area (TPSA) is 143 Å². The molecule has 0 unspecified atom stereocenters. The maximum atomic E-state index is 14.9. The molecule has 0 bridgehead atoms. The average molecular weight is 641 g/mol. The number of benzene rings is 2. The number of imidazole rings is 1. The number of fused-ring (bicyclic) bond motifs is 1. The Morgan fingerprint density at radius 2 is 1.80 bits per heavy atom. The Balaban J connectivity index is 1.26. The minimum atomic E-state index is -0.620. The molecule has 6 rings (SSSR count). The van der Waals surface area contributed by atoms with Crippen molar-refractivity contribution in [1.82, 2.24) is 24.4 Å². The lowest BCUT2D eigenvalue weighted by Crippen LogP contribution is -2.47. The van der Waals surface area contributed by atoms with E-state index in [2.05, 4.69) is 20.9 Å². The molecule has 0 spiro atoms. The molecule has 4 aromatic rings. The summed E-state index contributed by atoms with van der Waals surface area (Å²) < 4.78 is 16.8. The molecule has 14 heteroatoms. The number of nitrogens with zero attached hydrogens (tertiary/aromatic N) is 5. The van der Waals surface area contributed by atoms with Gasteiger partial charge in [-0.25, -0.2) is 19.2 Å². The molecule has 2 aromatic heterocycles. The molecule has 1 atom stereocenters. The number of primary amides is 1. The number of likely N-dealkylation sites (tertiary alicyclic amines) is 1. The standard InChI is InChI=1S/C30H32Cl2FN9O2/c31-18-13-22(32)25(23(33)14-18)39-29-38-24-15-35-28(40-27(24)42(29)21-10-8-17(9-11-21)26(34)43)36-20-7-4-12-41(16-20)30(44)37-19-5-2-1-3-6-19/h1-3,5-6,13-15,17,20-21H,4,7-12,16H2,(H2,34,43)(H,37,44)(H,38,39)(H,35,36,40)/t17?,20-,21?/m1/s1. The van der Waals surface area contributed by atoms with Crippen LogP contribution in [0.15, 0.2) is 48.7 Å². The number of piperidine rings is 1. The zero-order chi connectivity index (χ0) is 30.8.